The van der Waals surface area contributed by atoms with Crippen LogP contribution in [-0.4, -0.2) is 32.9 Å². The normalized spacial score (nSPS) is 39.7. The molecule has 144 valence electrons. The van der Waals surface area contributed by atoms with Crippen LogP contribution in [-0.2, 0) is 16.1 Å². The molecule has 1 aromatic heterocycles. The van der Waals surface area contributed by atoms with E-state index >= 15 is 0 Å². The molecule has 5 aliphatic rings. The Kier molecular flexibility index (Phi) is 3.13. The Bertz CT molecular complexity index is 822. The number of rotatable bonds is 3. The van der Waals surface area contributed by atoms with E-state index < -0.39 is 0 Å². The lowest BCUT2D eigenvalue weighted by molar-refractivity contribution is -0.148. The third-order valence-corrected chi connectivity index (χ3v) is 8.77. The number of hydrogen-bond acceptors (Lipinski definition) is 5. The molecular formula is C21H27N3O3. The molecule has 5 fully saturated rings. The Balaban J connectivity index is 1.31. The van der Waals surface area contributed by atoms with E-state index in [1.807, 2.05) is 0 Å². The summed E-state index contributed by atoms with van der Waals surface area (Å²) in [6, 6.07) is 0. The topological polar surface area (TPSA) is 74.1 Å². The van der Waals surface area contributed by atoms with Crippen molar-refractivity contribution in [3.05, 3.63) is 11.9 Å². The van der Waals surface area contributed by atoms with E-state index in [2.05, 4.69) is 10.3 Å². The molecule has 2 spiro atoms. The molecule has 1 aromatic rings. The van der Waals surface area contributed by atoms with Gasteiger partial charge in [0.05, 0.1) is 18.7 Å². The molecule has 2 heterocycles. The monoisotopic (exact) mass is 369 g/mol. The predicted molar refractivity (Wildman–Crippen MR) is 95.7 cm³/mol. The van der Waals surface area contributed by atoms with Crippen LogP contribution in [0, 0.1) is 34.5 Å². The van der Waals surface area contributed by atoms with Gasteiger partial charge in [-0.25, -0.2) is 0 Å². The number of ether oxygens (including phenoxy) is 1. The number of carbonyl (C=O) groups excluding carboxylic acids is 2. The summed E-state index contributed by atoms with van der Waals surface area (Å²) in [6.07, 6.45) is 12.3. The zero-order chi connectivity index (χ0) is 18.4. The molecule has 1 saturated heterocycles. The first-order valence-corrected chi connectivity index (χ1v) is 10.6. The lowest BCUT2D eigenvalue weighted by Gasteiger charge is -2.33. The summed E-state index contributed by atoms with van der Waals surface area (Å²) in [7, 11) is 0. The molecular weight excluding hydrogens is 342 g/mol. The summed E-state index contributed by atoms with van der Waals surface area (Å²) < 4.78 is 7.80. The van der Waals surface area contributed by atoms with Crippen LogP contribution in [0.5, 0.6) is 0 Å². The number of nitrogens with zero attached hydrogens (tertiary/aromatic N) is 3. The highest BCUT2D eigenvalue weighted by molar-refractivity contribution is 5.91. The van der Waals surface area contributed by atoms with Crippen LogP contribution >= 0.6 is 0 Å². The van der Waals surface area contributed by atoms with Gasteiger partial charge in [-0.2, -0.15) is 0 Å². The molecule has 0 radical (unpaired) electrons. The van der Waals surface area contributed by atoms with E-state index in [-0.39, 0.29) is 23.8 Å². The van der Waals surface area contributed by atoms with Gasteiger partial charge in [-0.15, -0.1) is 5.10 Å². The first-order valence-electron chi connectivity index (χ1n) is 10.6. The van der Waals surface area contributed by atoms with Gasteiger partial charge < -0.3 is 4.74 Å². The van der Waals surface area contributed by atoms with Crippen molar-refractivity contribution < 1.29 is 14.3 Å². The van der Waals surface area contributed by atoms with Crippen molar-refractivity contribution in [2.24, 2.45) is 34.5 Å². The molecule has 6 nitrogen and oxygen atoms in total. The zero-order valence-electron chi connectivity index (χ0n) is 15.9. The van der Waals surface area contributed by atoms with Gasteiger partial charge in [0.15, 0.2) is 5.78 Å². The fourth-order valence-corrected chi connectivity index (χ4v) is 7.02. The van der Waals surface area contributed by atoms with Gasteiger partial charge in [0.2, 0.25) is 0 Å². The van der Waals surface area contributed by atoms with Gasteiger partial charge in [0, 0.05) is 18.8 Å². The van der Waals surface area contributed by atoms with Gasteiger partial charge in [-0.1, -0.05) is 5.21 Å². The summed E-state index contributed by atoms with van der Waals surface area (Å²) in [5, 5.41) is 8.02. The van der Waals surface area contributed by atoms with Crippen molar-refractivity contribution in [1.82, 2.24) is 15.0 Å². The third-order valence-electron chi connectivity index (χ3n) is 8.77. The number of hydrogen-bond donors (Lipinski definition) is 0. The van der Waals surface area contributed by atoms with Crippen LogP contribution in [0.15, 0.2) is 6.20 Å². The average Bonchev–Trinajstić information content (AvgIpc) is 3.47. The fourth-order valence-electron chi connectivity index (χ4n) is 7.02. The van der Waals surface area contributed by atoms with E-state index in [1.54, 1.807) is 10.9 Å². The fraction of sp³-hybridized carbons (Fsp3) is 0.810. The Labute approximate surface area is 159 Å². The van der Waals surface area contributed by atoms with E-state index in [0.717, 1.165) is 12.3 Å². The standard InChI is InChI=1S/C21H27N3O3/c1-12(25)16-11-24(23-22-16)10-14-13-2-4-20(6-7-20)15-3-5-21(8-9-21)17(15)18(13)27-19(14)26/h11,13-15,17-18H,2-10H2,1H3/t13-,14-,15+,17-,18-/m0/s1. The summed E-state index contributed by atoms with van der Waals surface area (Å²) >= 11 is 0. The van der Waals surface area contributed by atoms with Crippen molar-refractivity contribution >= 4 is 11.8 Å². The Hall–Kier alpha value is -1.72. The molecule has 1 aliphatic heterocycles. The first-order chi connectivity index (χ1) is 13.0. The summed E-state index contributed by atoms with van der Waals surface area (Å²) in [4.78, 5) is 24.4. The Morgan fingerprint density at radius 3 is 2.59 bits per heavy atom. The minimum absolute atomic E-state index is 0.0573. The Morgan fingerprint density at radius 1 is 1.19 bits per heavy atom. The van der Waals surface area contributed by atoms with E-state index in [9.17, 15) is 9.59 Å². The van der Waals surface area contributed by atoms with Crippen molar-refractivity contribution in [3.63, 3.8) is 0 Å². The predicted octanol–water partition coefficient (Wildman–Crippen LogP) is 3.02. The SMILES string of the molecule is CC(=O)c1cn(C[C@@H]2C(=O)O[C@H]3[C@H]2CCC2(CC2)[C@@H]2CCC4(CC4)[C@H]32)nn1. The van der Waals surface area contributed by atoms with Crippen LogP contribution in [0.25, 0.3) is 0 Å². The third kappa shape index (κ3) is 2.24. The molecule has 0 bridgehead atoms. The van der Waals surface area contributed by atoms with Crippen LogP contribution in [0.3, 0.4) is 0 Å². The van der Waals surface area contributed by atoms with Crippen molar-refractivity contribution in [2.75, 3.05) is 0 Å². The number of carbonyl (C=O) groups is 2. The lowest BCUT2D eigenvalue weighted by Crippen LogP contribution is -2.35. The number of fused-ring (bicyclic) bond motifs is 5. The average molecular weight is 369 g/mol. The number of aromatic nitrogens is 3. The molecule has 6 heteroatoms. The maximum Gasteiger partial charge on any atom is 0.311 e. The van der Waals surface area contributed by atoms with Crippen molar-refractivity contribution in [2.45, 2.75) is 70.9 Å². The first kappa shape index (κ1) is 16.3. The van der Waals surface area contributed by atoms with Crippen LogP contribution in [0.1, 0.15) is 68.8 Å². The second-order valence-electron chi connectivity index (χ2n) is 9.99. The van der Waals surface area contributed by atoms with Gasteiger partial charge in [-0.05, 0) is 68.1 Å². The number of ketones is 1. The van der Waals surface area contributed by atoms with Gasteiger partial charge >= 0.3 is 5.97 Å². The molecule has 0 amide bonds. The highest BCUT2D eigenvalue weighted by atomic mass is 16.6. The van der Waals surface area contributed by atoms with Gasteiger partial charge in [0.25, 0.3) is 0 Å². The highest BCUT2D eigenvalue weighted by Gasteiger charge is 2.69. The highest BCUT2D eigenvalue weighted by Crippen LogP contribution is 2.75. The van der Waals surface area contributed by atoms with Crippen molar-refractivity contribution in [1.29, 1.82) is 0 Å². The van der Waals surface area contributed by atoms with Crippen molar-refractivity contribution in [3.8, 4) is 0 Å². The van der Waals surface area contributed by atoms with Crippen LogP contribution < -0.4 is 0 Å². The number of esters is 1. The van der Waals surface area contributed by atoms with E-state index in [4.69, 9.17) is 4.74 Å². The smallest absolute Gasteiger partial charge is 0.311 e. The molecule has 27 heavy (non-hydrogen) atoms. The number of Topliss-reactive ketones (excluding diaryl/α,β-unsaturated/α-hetero) is 1. The maximum absolute atomic E-state index is 12.8. The largest absolute Gasteiger partial charge is 0.461 e. The molecule has 4 saturated carbocycles. The maximum atomic E-state index is 12.8. The summed E-state index contributed by atoms with van der Waals surface area (Å²) in [6.45, 7) is 1.97. The zero-order valence-corrected chi connectivity index (χ0v) is 15.9. The minimum Gasteiger partial charge on any atom is -0.461 e. The molecule has 0 unspecified atom stereocenters. The molecule has 0 aromatic carbocycles. The molecule has 0 N–H and O–H groups in total. The van der Waals surface area contributed by atoms with Crippen LogP contribution in [0.2, 0.25) is 0 Å². The quantitative estimate of drug-likeness (QED) is 0.605. The van der Waals surface area contributed by atoms with Gasteiger partial charge in [-0.3, -0.25) is 14.3 Å². The summed E-state index contributed by atoms with van der Waals surface area (Å²) in [5.74, 6) is 1.36. The minimum atomic E-state index is -0.151. The lowest BCUT2D eigenvalue weighted by atomic mass is 9.73. The summed E-state index contributed by atoms with van der Waals surface area (Å²) in [5.41, 5.74) is 1.41. The second-order valence-corrected chi connectivity index (χ2v) is 9.99. The van der Waals surface area contributed by atoms with Crippen LogP contribution in [0.4, 0.5) is 0 Å². The van der Waals surface area contributed by atoms with E-state index in [1.165, 1.54) is 51.9 Å². The van der Waals surface area contributed by atoms with Gasteiger partial charge in [0.1, 0.15) is 11.8 Å². The second kappa shape index (κ2) is 5.21. The Morgan fingerprint density at radius 2 is 1.93 bits per heavy atom. The molecule has 5 atom stereocenters. The molecule has 4 aliphatic carbocycles. The van der Waals surface area contributed by atoms with E-state index in [0.29, 0.717) is 34.9 Å². The molecule has 6 rings (SSSR count).